The number of carbonyl (C=O) groups excluding carboxylic acids is 1. The maximum absolute atomic E-state index is 12.8. The number of hydrogen-bond donors (Lipinski definition) is 1. The Hall–Kier alpha value is -1.35. The predicted octanol–water partition coefficient (Wildman–Crippen LogP) is 3.92. The third kappa shape index (κ3) is 6.34. The van der Waals surface area contributed by atoms with Crippen LogP contribution >= 0.6 is 17.0 Å². The Morgan fingerprint density at radius 3 is 2.37 bits per heavy atom. The molecule has 1 N–H and O–H groups in total. The summed E-state index contributed by atoms with van der Waals surface area (Å²) < 4.78 is 5.38. The quantitative estimate of drug-likeness (QED) is 0.518. The number of nitrogens with zero attached hydrogens (tertiary/aromatic N) is 1. The Labute approximate surface area is 174 Å². The van der Waals surface area contributed by atoms with E-state index in [9.17, 15) is 9.90 Å². The number of halogens is 1. The zero-order valence-corrected chi connectivity index (χ0v) is 18.2. The molecule has 0 heterocycles. The van der Waals surface area contributed by atoms with Gasteiger partial charge in [0.2, 0.25) is 0 Å². The van der Waals surface area contributed by atoms with E-state index in [0.717, 1.165) is 45.2 Å². The van der Waals surface area contributed by atoms with Gasteiger partial charge in [-0.1, -0.05) is 75.3 Å². The van der Waals surface area contributed by atoms with Crippen molar-refractivity contribution in [3.05, 3.63) is 35.9 Å². The summed E-state index contributed by atoms with van der Waals surface area (Å²) in [6.07, 6.45) is 4.92. The number of benzene rings is 1. The second kappa shape index (κ2) is 12.2. The standard InChI is InChI=1S/C22H31NO3.BrH/c1-3-23(4-2)17-11-12-18-26-21(24)22(25,19-13-7-5-8-14-19)20-15-9-6-10-16-20;/h5,7-8,13-14,20,25H,3-4,6,9-10,15-18H2,1-2H3;1H. The minimum absolute atomic E-state index is 0. The Morgan fingerprint density at radius 2 is 1.78 bits per heavy atom. The lowest BCUT2D eigenvalue weighted by atomic mass is 9.73. The average Bonchev–Trinajstić information content (AvgIpc) is 2.71. The van der Waals surface area contributed by atoms with Crippen LogP contribution in [0.4, 0.5) is 0 Å². The molecular weight excluding hydrogens is 406 g/mol. The number of carbonyl (C=O) groups is 1. The maximum atomic E-state index is 12.8. The zero-order valence-electron chi connectivity index (χ0n) is 16.4. The lowest BCUT2D eigenvalue weighted by Gasteiger charge is -2.36. The van der Waals surface area contributed by atoms with Gasteiger partial charge in [-0.2, -0.15) is 0 Å². The molecule has 2 rings (SSSR count). The van der Waals surface area contributed by atoms with Crippen molar-refractivity contribution in [2.24, 2.45) is 5.92 Å². The first-order valence-electron chi connectivity index (χ1n) is 9.76. The summed E-state index contributed by atoms with van der Waals surface area (Å²) >= 11 is 0. The van der Waals surface area contributed by atoms with E-state index < -0.39 is 11.6 Å². The van der Waals surface area contributed by atoms with Crippen LogP contribution in [0.1, 0.15) is 51.5 Å². The molecule has 0 radical (unpaired) electrons. The Bertz CT molecular complexity index is 615. The molecule has 150 valence electrons. The molecule has 0 spiro atoms. The fraction of sp³-hybridized carbons (Fsp3) is 0.591. The molecule has 1 aromatic carbocycles. The van der Waals surface area contributed by atoms with Crippen LogP contribution in [-0.4, -0.2) is 42.2 Å². The average molecular weight is 438 g/mol. The van der Waals surface area contributed by atoms with Crippen LogP contribution in [0.5, 0.6) is 0 Å². The highest BCUT2D eigenvalue weighted by atomic mass is 79.9. The SMILES string of the molecule is Br.CCN(CC)CC#CCOC(=O)C(O)(c1ccccc1)C1CCCCC1. The summed E-state index contributed by atoms with van der Waals surface area (Å²) in [6.45, 7) is 6.75. The molecule has 5 heteroatoms. The summed E-state index contributed by atoms with van der Waals surface area (Å²) in [5.41, 5.74) is -0.963. The normalized spacial score (nSPS) is 16.6. The molecule has 1 aromatic rings. The van der Waals surface area contributed by atoms with E-state index in [2.05, 4.69) is 30.6 Å². The number of hydrogen-bond acceptors (Lipinski definition) is 4. The highest BCUT2D eigenvalue weighted by Crippen LogP contribution is 2.40. The molecule has 1 aliphatic carbocycles. The fourth-order valence-corrected chi connectivity index (χ4v) is 3.61. The van der Waals surface area contributed by atoms with Crippen molar-refractivity contribution in [2.75, 3.05) is 26.2 Å². The van der Waals surface area contributed by atoms with Crippen LogP contribution in [0.2, 0.25) is 0 Å². The van der Waals surface area contributed by atoms with Crippen molar-refractivity contribution in [1.82, 2.24) is 4.90 Å². The molecular formula is C22H32BrNO3. The molecule has 0 bridgehead atoms. The number of ether oxygens (including phenoxy) is 1. The highest BCUT2D eigenvalue weighted by molar-refractivity contribution is 8.93. The van der Waals surface area contributed by atoms with Gasteiger partial charge >= 0.3 is 5.97 Å². The number of aliphatic hydroxyl groups is 1. The zero-order chi connectivity index (χ0) is 18.8. The van der Waals surface area contributed by atoms with E-state index in [1.165, 1.54) is 0 Å². The van der Waals surface area contributed by atoms with Gasteiger partial charge in [-0.05, 0) is 31.5 Å². The van der Waals surface area contributed by atoms with Crippen molar-refractivity contribution >= 4 is 23.0 Å². The van der Waals surface area contributed by atoms with Gasteiger partial charge in [-0.15, -0.1) is 17.0 Å². The van der Waals surface area contributed by atoms with Crippen LogP contribution in [0.25, 0.3) is 0 Å². The molecule has 27 heavy (non-hydrogen) atoms. The lowest BCUT2D eigenvalue weighted by Crippen LogP contribution is -2.45. The van der Waals surface area contributed by atoms with Crippen LogP contribution in [0.15, 0.2) is 30.3 Å². The second-order valence-corrected chi connectivity index (χ2v) is 6.86. The summed E-state index contributed by atoms with van der Waals surface area (Å²) in [7, 11) is 0. The Balaban J connectivity index is 0.00000364. The van der Waals surface area contributed by atoms with Gasteiger partial charge in [0.25, 0.3) is 0 Å². The summed E-state index contributed by atoms with van der Waals surface area (Å²) in [6, 6.07) is 9.19. The van der Waals surface area contributed by atoms with Gasteiger partial charge in [0.1, 0.15) is 0 Å². The minimum atomic E-state index is -1.58. The molecule has 1 aliphatic rings. The fourth-order valence-electron chi connectivity index (χ4n) is 3.61. The third-order valence-electron chi connectivity index (χ3n) is 5.32. The van der Waals surface area contributed by atoms with E-state index in [-0.39, 0.29) is 29.5 Å². The van der Waals surface area contributed by atoms with Crippen LogP contribution in [0, 0.1) is 17.8 Å². The summed E-state index contributed by atoms with van der Waals surface area (Å²) in [5.74, 6) is 5.25. The minimum Gasteiger partial charge on any atom is -0.450 e. The van der Waals surface area contributed by atoms with Gasteiger partial charge in [0, 0.05) is 5.92 Å². The topological polar surface area (TPSA) is 49.8 Å². The van der Waals surface area contributed by atoms with Crippen LogP contribution in [0.3, 0.4) is 0 Å². The maximum Gasteiger partial charge on any atom is 0.344 e. The number of rotatable bonds is 7. The van der Waals surface area contributed by atoms with Crippen LogP contribution < -0.4 is 0 Å². The smallest absolute Gasteiger partial charge is 0.344 e. The molecule has 0 aliphatic heterocycles. The molecule has 1 fully saturated rings. The lowest BCUT2D eigenvalue weighted by molar-refractivity contribution is -0.174. The number of esters is 1. The Kier molecular flexibility index (Phi) is 10.7. The van der Waals surface area contributed by atoms with Crippen molar-refractivity contribution in [2.45, 2.75) is 51.6 Å². The molecule has 1 saturated carbocycles. The van der Waals surface area contributed by atoms with Crippen LogP contribution in [-0.2, 0) is 15.1 Å². The molecule has 0 aromatic heterocycles. The van der Waals surface area contributed by atoms with Gasteiger partial charge in [0.15, 0.2) is 12.2 Å². The summed E-state index contributed by atoms with van der Waals surface area (Å²) in [4.78, 5) is 15.0. The van der Waals surface area contributed by atoms with Gasteiger partial charge in [0.05, 0.1) is 6.54 Å². The van der Waals surface area contributed by atoms with E-state index in [1.807, 2.05) is 30.3 Å². The third-order valence-corrected chi connectivity index (χ3v) is 5.32. The highest BCUT2D eigenvalue weighted by Gasteiger charge is 2.46. The molecule has 0 amide bonds. The van der Waals surface area contributed by atoms with E-state index in [1.54, 1.807) is 0 Å². The first-order chi connectivity index (χ1) is 12.6. The largest absolute Gasteiger partial charge is 0.450 e. The molecule has 0 saturated heterocycles. The summed E-state index contributed by atoms with van der Waals surface area (Å²) in [5, 5.41) is 11.4. The van der Waals surface area contributed by atoms with Crippen molar-refractivity contribution in [3.8, 4) is 11.8 Å². The van der Waals surface area contributed by atoms with Gasteiger partial charge in [-0.25, -0.2) is 4.79 Å². The van der Waals surface area contributed by atoms with E-state index in [4.69, 9.17) is 4.74 Å². The second-order valence-electron chi connectivity index (χ2n) is 6.86. The first kappa shape index (κ1) is 23.7. The monoisotopic (exact) mass is 437 g/mol. The van der Waals surface area contributed by atoms with E-state index >= 15 is 0 Å². The van der Waals surface area contributed by atoms with Gasteiger partial charge < -0.3 is 9.84 Å². The first-order valence-corrected chi connectivity index (χ1v) is 9.76. The molecule has 1 unspecified atom stereocenters. The molecule has 1 atom stereocenters. The van der Waals surface area contributed by atoms with Gasteiger partial charge in [-0.3, -0.25) is 4.90 Å². The van der Waals surface area contributed by atoms with E-state index in [0.29, 0.717) is 12.1 Å². The van der Waals surface area contributed by atoms with Crippen molar-refractivity contribution in [1.29, 1.82) is 0 Å². The van der Waals surface area contributed by atoms with Crippen molar-refractivity contribution < 1.29 is 14.6 Å². The predicted molar refractivity (Wildman–Crippen MR) is 114 cm³/mol. The Morgan fingerprint density at radius 1 is 1.15 bits per heavy atom. The molecule has 4 nitrogen and oxygen atoms in total. The van der Waals surface area contributed by atoms with Crippen molar-refractivity contribution in [3.63, 3.8) is 0 Å².